The Bertz CT molecular complexity index is 433. The summed E-state index contributed by atoms with van der Waals surface area (Å²) in [6.45, 7) is 2.09. The Kier molecular flexibility index (Phi) is 6.12. The number of amides is 1. The van der Waals surface area contributed by atoms with Gasteiger partial charge in [-0.15, -0.1) is 0 Å². The highest BCUT2D eigenvalue weighted by atomic mass is 35.5. The first-order valence-corrected chi connectivity index (χ1v) is 6.60. The number of aliphatic hydroxyl groups excluding tert-OH is 1. The van der Waals surface area contributed by atoms with Crippen LogP contribution < -0.4 is 4.74 Å². The molecule has 1 rings (SSSR count). The van der Waals surface area contributed by atoms with Gasteiger partial charge in [-0.1, -0.05) is 11.6 Å². The van der Waals surface area contributed by atoms with Crippen molar-refractivity contribution in [2.75, 3.05) is 20.7 Å². The number of rotatable bonds is 6. The van der Waals surface area contributed by atoms with Gasteiger partial charge in [0, 0.05) is 31.1 Å². The smallest absolute Gasteiger partial charge is 0.222 e. The molecule has 0 fully saturated rings. The molecule has 19 heavy (non-hydrogen) atoms. The van der Waals surface area contributed by atoms with Crippen LogP contribution >= 0.6 is 11.6 Å². The standard InChI is InChI=1S/C14H20ClNO3/c1-10(17)12-9-11(15)6-7-13(12)19-8-4-5-14(18)16(2)3/h6-7,9-10,17H,4-5,8H2,1-3H3/t10-/m1/s1. The zero-order chi connectivity index (χ0) is 14.4. The van der Waals surface area contributed by atoms with Crippen molar-refractivity contribution in [1.82, 2.24) is 4.90 Å². The van der Waals surface area contributed by atoms with Gasteiger partial charge in [0.25, 0.3) is 0 Å². The van der Waals surface area contributed by atoms with Crippen molar-refractivity contribution in [3.05, 3.63) is 28.8 Å². The van der Waals surface area contributed by atoms with Crippen molar-refractivity contribution >= 4 is 17.5 Å². The van der Waals surface area contributed by atoms with Gasteiger partial charge in [-0.05, 0) is 31.5 Å². The molecular weight excluding hydrogens is 266 g/mol. The van der Waals surface area contributed by atoms with Crippen LogP contribution in [0.4, 0.5) is 0 Å². The van der Waals surface area contributed by atoms with Crippen molar-refractivity contribution in [2.24, 2.45) is 0 Å². The van der Waals surface area contributed by atoms with E-state index >= 15 is 0 Å². The second kappa shape index (κ2) is 7.36. The fraction of sp³-hybridized carbons (Fsp3) is 0.500. The number of nitrogens with zero attached hydrogens (tertiary/aromatic N) is 1. The summed E-state index contributed by atoms with van der Waals surface area (Å²) in [6, 6.07) is 5.14. The molecule has 0 saturated carbocycles. The molecule has 0 radical (unpaired) electrons. The lowest BCUT2D eigenvalue weighted by molar-refractivity contribution is -0.128. The maximum absolute atomic E-state index is 11.4. The molecule has 0 bridgehead atoms. The predicted molar refractivity (Wildman–Crippen MR) is 75.5 cm³/mol. The minimum absolute atomic E-state index is 0.0791. The van der Waals surface area contributed by atoms with E-state index in [0.717, 1.165) is 0 Å². The van der Waals surface area contributed by atoms with Gasteiger partial charge in [-0.25, -0.2) is 0 Å². The number of ether oxygens (including phenoxy) is 1. The lowest BCUT2D eigenvalue weighted by Crippen LogP contribution is -2.21. The second-order valence-electron chi connectivity index (χ2n) is 4.60. The van der Waals surface area contributed by atoms with E-state index in [0.29, 0.717) is 35.8 Å². The summed E-state index contributed by atoms with van der Waals surface area (Å²) in [5, 5.41) is 10.2. The summed E-state index contributed by atoms with van der Waals surface area (Å²) in [5.41, 5.74) is 0.659. The summed E-state index contributed by atoms with van der Waals surface area (Å²) in [5.74, 6) is 0.687. The fourth-order valence-electron chi connectivity index (χ4n) is 1.61. The van der Waals surface area contributed by atoms with Crippen molar-refractivity contribution < 1.29 is 14.6 Å². The van der Waals surface area contributed by atoms with Crippen LogP contribution in [-0.2, 0) is 4.79 Å². The van der Waals surface area contributed by atoms with Gasteiger partial charge >= 0.3 is 0 Å². The third-order valence-electron chi connectivity index (χ3n) is 2.71. The van der Waals surface area contributed by atoms with Gasteiger partial charge in [0.2, 0.25) is 5.91 Å². The van der Waals surface area contributed by atoms with Crippen LogP contribution in [0, 0.1) is 0 Å². The first-order valence-electron chi connectivity index (χ1n) is 6.22. The monoisotopic (exact) mass is 285 g/mol. The van der Waals surface area contributed by atoms with Gasteiger partial charge < -0.3 is 14.7 Å². The van der Waals surface area contributed by atoms with E-state index in [1.165, 1.54) is 0 Å². The molecule has 0 heterocycles. The summed E-state index contributed by atoms with van der Waals surface area (Å²) in [4.78, 5) is 12.9. The molecule has 0 aliphatic rings. The summed E-state index contributed by atoms with van der Waals surface area (Å²) < 4.78 is 5.59. The number of hydrogen-bond acceptors (Lipinski definition) is 3. The zero-order valence-corrected chi connectivity index (χ0v) is 12.3. The van der Waals surface area contributed by atoms with Gasteiger partial charge in [-0.2, -0.15) is 0 Å². The zero-order valence-electron chi connectivity index (χ0n) is 11.5. The number of hydrogen-bond donors (Lipinski definition) is 1. The molecule has 1 atom stereocenters. The topological polar surface area (TPSA) is 49.8 Å². The molecule has 4 nitrogen and oxygen atoms in total. The van der Waals surface area contributed by atoms with E-state index in [2.05, 4.69) is 0 Å². The molecule has 0 aliphatic carbocycles. The third kappa shape index (κ3) is 5.09. The van der Waals surface area contributed by atoms with E-state index in [-0.39, 0.29) is 5.91 Å². The first kappa shape index (κ1) is 15.8. The Balaban J connectivity index is 2.52. The average Bonchev–Trinajstić information content (AvgIpc) is 2.35. The number of aliphatic hydroxyl groups is 1. The Labute approximate surface area is 118 Å². The maximum atomic E-state index is 11.4. The molecule has 1 aromatic rings. The van der Waals surface area contributed by atoms with Gasteiger partial charge in [0.1, 0.15) is 5.75 Å². The quantitative estimate of drug-likeness (QED) is 0.818. The first-order chi connectivity index (χ1) is 8.91. The molecule has 1 amide bonds. The van der Waals surface area contributed by atoms with Crippen LogP contribution in [0.2, 0.25) is 5.02 Å². The third-order valence-corrected chi connectivity index (χ3v) is 2.95. The minimum atomic E-state index is -0.642. The van der Waals surface area contributed by atoms with Gasteiger partial charge in [0.05, 0.1) is 12.7 Å². The van der Waals surface area contributed by atoms with Crippen LogP contribution in [0.25, 0.3) is 0 Å². The van der Waals surface area contributed by atoms with Crippen molar-refractivity contribution in [3.63, 3.8) is 0 Å². The van der Waals surface area contributed by atoms with Crippen LogP contribution in [0.3, 0.4) is 0 Å². The Morgan fingerprint density at radius 1 is 1.47 bits per heavy atom. The molecule has 106 valence electrons. The summed E-state index contributed by atoms with van der Waals surface area (Å²) in [7, 11) is 3.46. The van der Waals surface area contributed by atoms with E-state index in [4.69, 9.17) is 16.3 Å². The Morgan fingerprint density at radius 2 is 2.16 bits per heavy atom. The number of halogens is 1. The Hall–Kier alpha value is -1.26. The van der Waals surface area contributed by atoms with Gasteiger partial charge in [-0.3, -0.25) is 4.79 Å². The van der Waals surface area contributed by atoms with Crippen molar-refractivity contribution in [3.8, 4) is 5.75 Å². The largest absolute Gasteiger partial charge is 0.493 e. The summed E-state index contributed by atoms with van der Waals surface area (Å²) in [6.07, 6.45) is 0.445. The molecule has 5 heteroatoms. The van der Waals surface area contributed by atoms with Gasteiger partial charge in [0.15, 0.2) is 0 Å². The maximum Gasteiger partial charge on any atom is 0.222 e. The molecule has 0 unspecified atom stereocenters. The minimum Gasteiger partial charge on any atom is -0.493 e. The molecule has 0 aromatic heterocycles. The molecule has 0 saturated heterocycles. The normalized spacial score (nSPS) is 12.1. The predicted octanol–water partition coefficient (Wildman–Crippen LogP) is 2.64. The Morgan fingerprint density at radius 3 is 2.74 bits per heavy atom. The highest BCUT2D eigenvalue weighted by Gasteiger charge is 2.10. The molecule has 0 spiro atoms. The van der Waals surface area contributed by atoms with Crippen LogP contribution in [0.1, 0.15) is 31.4 Å². The van der Waals surface area contributed by atoms with Crippen LogP contribution in [0.5, 0.6) is 5.75 Å². The molecule has 1 N–H and O–H groups in total. The molecule has 1 aromatic carbocycles. The van der Waals surface area contributed by atoms with Crippen molar-refractivity contribution in [2.45, 2.75) is 25.9 Å². The van der Waals surface area contributed by atoms with E-state index in [1.54, 1.807) is 44.1 Å². The van der Waals surface area contributed by atoms with E-state index < -0.39 is 6.10 Å². The summed E-state index contributed by atoms with van der Waals surface area (Å²) >= 11 is 5.88. The number of carbonyl (C=O) groups excluding carboxylic acids is 1. The fourth-order valence-corrected chi connectivity index (χ4v) is 1.79. The lowest BCUT2D eigenvalue weighted by Gasteiger charge is -2.14. The van der Waals surface area contributed by atoms with E-state index in [1.807, 2.05) is 0 Å². The second-order valence-corrected chi connectivity index (χ2v) is 5.03. The van der Waals surface area contributed by atoms with Crippen molar-refractivity contribution in [1.29, 1.82) is 0 Å². The SMILES string of the molecule is C[C@@H](O)c1cc(Cl)ccc1OCCCC(=O)N(C)C. The van der Waals surface area contributed by atoms with Crippen LogP contribution in [0.15, 0.2) is 18.2 Å². The number of carbonyl (C=O) groups is 1. The number of benzene rings is 1. The highest BCUT2D eigenvalue weighted by molar-refractivity contribution is 6.30. The molecule has 0 aliphatic heterocycles. The average molecular weight is 286 g/mol. The lowest BCUT2D eigenvalue weighted by atomic mass is 10.1. The van der Waals surface area contributed by atoms with E-state index in [9.17, 15) is 9.90 Å². The molecular formula is C14H20ClNO3. The highest BCUT2D eigenvalue weighted by Crippen LogP contribution is 2.28. The van der Waals surface area contributed by atoms with Crippen LogP contribution in [-0.4, -0.2) is 36.6 Å².